The zero-order valence-corrected chi connectivity index (χ0v) is 13.2. The molecule has 1 aliphatic carbocycles. The minimum Gasteiger partial charge on any atom is -0.317 e. The standard InChI is InChI=1S/C17H16N4O.ClH/c18-17(9-12-5-1-2-6-13(12)10-17)16(22)20-21-11-19-14-7-3-4-8-15(14)21;/h1-8,11H,9-10,18H2,(H,20,22);1H. The summed E-state index contributed by atoms with van der Waals surface area (Å²) < 4.78 is 1.63. The van der Waals surface area contributed by atoms with E-state index >= 15 is 0 Å². The predicted molar refractivity (Wildman–Crippen MR) is 92.1 cm³/mol. The van der Waals surface area contributed by atoms with Gasteiger partial charge in [-0.05, 0) is 23.3 Å². The maximum Gasteiger partial charge on any atom is 0.259 e. The van der Waals surface area contributed by atoms with Gasteiger partial charge in [-0.15, -0.1) is 12.4 Å². The van der Waals surface area contributed by atoms with Crippen LogP contribution in [-0.4, -0.2) is 21.1 Å². The molecule has 2 aromatic carbocycles. The molecule has 1 aliphatic rings. The lowest BCUT2D eigenvalue weighted by Crippen LogP contribution is -2.53. The maximum atomic E-state index is 12.7. The Bertz CT molecular complexity index is 849. The summed E-state index contributed by atoms with van der Waals surface area (Å²) in [5, 5.41) is 0. The van der Waals surface area contributed by atoms with E-state index in [0.717, 1.165) is 22.2 Å². The fourth-order valence-corrected chi connectivity index (χ4v) is 3.07. The number of carbonyl (C=O) groups is 1. The first-order chi connectivity index (χ1) is 10.7. The Hall–Kier alpha value is -2.37. The van der Waals surface area contributed by atoms with Crippen LogP contribution in [0.3, 0.4) is 0 Å². The SMILES string of the molecule is Cl.NC1(C(=O)Nn2cnc3ccccc32)Cc2ccccc2C1. The number of imidazole rings is 1. The molecule has 0 fully saturated rings. The van der Waals surface area contributed by atoms with E-state index in [1.165, 1.54) is 0 Å². The van der Waals surface area contributed by atoms with Crippen molar-refractivity contribution in [1.29, 1.82) is 0 Å². The number of nitrogens with one attached hydrogen (secondary N) is 1. The third-order valence-corrected chi connectivity index (χ3v) is 4.26. The van der Waals surface area contributed by atoms with E-state index in [2.05, 4.69) is 10.4 Å². The number of nitrogens with zero attached hydrogens (tertiary/aromatic N) is 2. The van der Waals surface area contributed by atoms with Gasteiger partial charge in [0.2, 0.25) is 0 Å². The van der Waals surface area contributed by atoms with Gasteiger partial charge in [-0.1, -0.05) is 36.4 Å². The molecular formula is C17H17ClN4O. The second kappa shape index (κ2) is 5.68. The third kappa shape index (κ3) is 2.58. The molecule has 0 radical (unpaired) electrons. The van der Waals surface area contributed by atoms with Crippen LogP contribution in [0.4, 0.5) is 0 Å². The molecule has 1 amide bonds. The molecule has 0 aliphatic heterocycles. The molecule has 0 unspecified atom stereocenters. The molecule has 0 atom stereocenters. The first-order valence-corrected chi connectivity index (χ1v) is 7.25. The van der Waals surface area contributed by atoms with Gasteiger partial charge in [-0.3, -0.25) is 10.2 Å². The van der Waals surface area contributed by atoms with E-state index in [1.807, 2.05) is 48.5 Å². The smallest absolute Gasteiger partial charge is 0.259 e. The highest BCUT2D eigenvalue weighted by Gasteiger charge is 2.40. The fraction of sp³-hybridized carbons (Fsp3) is 0.176. The number of hydrogen-bond donors (Lipinski definition) is 2. The van der Waals surface area contributed by atoms with Crippen LogP contribution in [0.25, 0.3) is 11.0 Å². The summed E-state index contributed by atoms with van der Waals surface area (Å²) in [6, 6.07) is 15.7. The van der Waals surface area contributed by atoms with Gasteiger partial charge in [-0.2, -0.15) is 0 Å². The number of hydrogen-bond acceptors (Lipinski definition) is 3. The Kier molecular flexibility index (Phi) is 3.83. The lowest BCUT2D eigenvalue weighted by Gasteiger charge is -2.22. The normalized spacial score (nSPS) is 15.0. The second-order valence-electron chi connectivity index (χ2n) is 5.82. The van der Waals surface area contributed by atoms with Crippen molar-refractivity contribution < 1.29 is 4.79 Å². The van der Waals surface area contributed by atoms with Crippen molar-refractivity contribution in [2.24, 2.45) is 5.73 Å². The van der Waals surface area contributed by atoms with Crippen LogP contribution in [0.2, 0.25) is 0 Å². The fourth-order valence-electron chi connectivity index (χ4n) is 3.07. The molecule has 0 saturated heterocycles. The quantitative estimate of drug-likeness (QED) is 0.756. The van der Waals surface area contributed by atoms with Crippen molar-refractivity contribution in [3.63, 3.8) is 0 Å². The van der Waals surface area contributed by atoms with Crippen molar-refractivity contribution in [1.82, 2.24) is 9.66 Å². The molecule has 118 valence electrons. The molecule has 3 N–H and O–H groups in total. The second-order valence-corrected chi connectivity index (χ2v) is 5.82. The van der Waals surface area contributed by atoms with Gasteiger partial charge in [-0.25, -0.2) is 9.66 Å². The van der Waals surface area contributed by atoms with Crippen molar-refractivity contribution >= 4 is 29.3 Å². The number of rotatable bonds is 2. The van der Waals surface area contributed by atoms with E-state index in [0.29, 0.717) is 12.8 Å². The largest absolute Gasteiger partial charge is 0.317 e. The van der Waals surface area contributed by atoms with Gasteiger partial charge in [0, 0.05) is 12.8 Å². The molecule has 0 spiro atoms. The van der Waals surface area contributed by atoms with Crippen molar-refractivity contribution in [3.05, 3.63) is 66.0 Å². The topological polar surface area (TPSA) is 72.9 Å². The Morgan fingerprint density at radius 1 is 1.09 bits per heavy atom. The van der Waals surface area contributed by atoms with Crippen molar-refractivity contribution in [3.8, 4) is 0 Å². The third-order valence-electron chi connectivity index (χ3n) is 4.26. The van der Waals surface area contributed by atoms with Crippen LogP contribution in [0.15, 0.2) is 54.9 Å². The van der Waals surface area contributed by atoms with Gasteiger partial charge in [0.1, 0.15) is 11.9 Å². The van der Waals surface area contributed by atoms with Crippen LogP contribution in [0.1, 0.15) is 11.1 Å². The summed E-state index contributed by atoms with van der Waals surface area (Å²) in [5.74, 6) is -0.188. The molecule has 0 saturated carbocycles. The first-order valence-electron chi connectivity index (χ1n) is 7.25. The number of benzene rings is 2. The Morgan fingerprint density at radius 3 is 2.39 bits per heavy atom. The molecule has 6 heteroatoms. The number of amides is 1. The number of para-hydroxylation sites is 2. The summed E-state index contributed by atoms with van der Waals surface area (Å²) in [4.78, 5) is 16.9. The monoisotopic (exact) mass is 328 g/mol. The summed E-state index contributed by atoms with van der Waals surface area (Å²) in [5.41, 5.74) is 12.3. The average molecular weight is 329 g/mol. The average Bonchev–Trinajstić information content (AvgIpc) is 3.08. The molecule has 1 aromatic heterocycles. The minimum atomic E-state index is -0.908. The van der Waals surface area contributed by atoms with Crippen LogP contribution in [0, 0.1) is 0 Å². The number of fused-ring (bicyclic) bond motifs is 2. The molecule has 4 rings (SSSR count). The summed E-state index contributed by atoms with van der Waals surface area (Å²) in [7, 11) is 0. The first kappa shape index (κ1) is 15.5. The maximum absolute atomic E-state index is 12.7. The molecule has 23 heavy (non-hydrogen) atoms. The molecule has 1 heterocycles. The summed E-state index contributed by atoms with van der Waals surface area (Å²) in [6.07, 6.45) is 2.72. The van der Waals surface area contributed by atoms with E-state index in [9.17, 15) is 4.79 Å². The lowest BCUT2D eigenvalue weighted by molar-refractivity contribution is -0.121. The van der Waals surface area contributed by atoms with Crippen molar-refractivity contribution in [2.75, 3.05) is 5.43 Å². The van der Waals surface area contributed by atoms with E-state index < -0.39 is 5.54 Å². The summed E-state index contributed by atoms with van der Waals surface area (Å²) in [6.45, 7) is 0. The molecule has 3 aromatic rings. The van der Waals surface area contributed by atoms with Crippen molar-refractivity contribution in [2.45, 2.75) is 18.4 Å². The van der Waals surface area contributed by atoms with E-state index in [4.69, 9.17) is 5.73 Å². The number of nitrogens with two attached hydrogens (primary N) is 1. The number of carbonyl (C=O) groups excluding carboxylic acids is 1. The van der Waals surface area contributed by atoms with Crippen LogP contribution >= 0.6 is 12.4 Å². The van der Waals surface area contributed by atoms with Gasteiger partial charge >= 0.3 is 0 Å². The highest BCUT2D eigenvalue weighted by Crippen LogP contribution is 2.28. The number of aromatic nitrogens is 2. The lowest BCUT2D eigenvalue weighted by atomic mass is 9.96. The Labute approximate surface area is 139 Å². The van der Waals surface area contributed by atoms with Gasteiger partial charge in [0.05, 0.1) is 11.0 Å². The summed E-state index contributed by atoms with van der Waals surface area (Å²) >= 11 is 0. The minimum absolute atomic E-state index is 0. The highest BCUT2D eigenvalue weighted by atomic mass is 35.5. The zero-order valence-electron chi connectivity index (χ0n) is 12.4. The Morgan fingerprint density at radius 2 is 1.70 bits per heavy atom. The van der Waals surface area contributed by atoms with E-state index in [1.54, 1.807) is 11.0 Å². The van der Waals surface area contributed by atoms with Gasteiger partial charge in [0.15, 0.2) is 0 Å². The van der Waals surface area contributed by atoms with Crippen LogP contribution < -0.4 is 11.2 Å². The van der Waals surface area contributed by atoms with Gasteiger partial charge < -0.3 is 5.73 Å². The molecule has 5 nitrogen and oxygen atoms in total. The Balaban J connectivity index is 0.00000156. The van der Waals surface area contributed by atoms with Gasteiger partial charge in [0.25, 0.3) is 5.91 Å². The van der Waals surface area contributed by atoms with Crippen LogP contribution in [0.5, 0.6) is 0 Å². The predicted octanol–water partition coefficient (Wildman–Crippen LogP) is 2.02. The molecular weight excluding hydrogens is 312 g/mol. The highest BCUT2D eigenvalue weighted by molar-refractivity contribution is 5.95. The zero-order chi connectivity index (χ0) is 15.2. The van der Waals surface area contributed by atoms with Crippen LogP contribution in [-0.2, 0) is 17.6 Å². The molecule has 0 bridgehead atoms. The van der Waals surface area contributed by atoms with E-state index in [-0.39, 0.29) is 18.3 Å². The number of halogens is 1.